The Hall–Kier alpha value is -2.38. The van der Waals surface area contributed by atoms with Gasteiger partial charge < -0.3 is 10.1 Å². The highest BCUT2D eigenvalue weighted by Gasteiger charge is 2.31. The van der Waals surface area contributed by atoms with Crippen LogP contribution < -0.4 is 5.32 Å². The molecule has 0 atom stereocenters. The monoisotopic (exact) mass is 397 g/mol. The number of amides is 1. The fourth-order valence-electron chi connectivity index (χ4n) is 3.65. The molecule has 1 N–H and O–H groups in total. The summed E-state index contributed by atoms with van der Waals surface area (Å²) in [5.41, 5.74) is 1.54. The lowest BCUT2D eigenvalue weighted by Crippen LogP contribution is -2.24. The van der Waals surface area contributed by atoms with Crippen molar-refractivity contribution in [1.82, 2.24) is 9.97 Å². The summed E-state index contributed by atoms with van der Waals surface area (Å²) in [7, 11) is 0. The van der Waals surface area contributed by atoms with Crippen molar-refractivity contribution in [2.24, 2.45) is 5.92 Å². The van der Waals surface area contributed by atoms with E-state index in [9.17, 15) is 9.59 Å². The molecule has 7 heteroatoms. The van der Waals surface area contributed by atoms with Crippen molar-refractivity contribution < 1.29 is 14.3 Å². The van der Waals surface area contributed by atoms with E-state index >= 15 is 0 Å². The fourth-order valence-corrected chi connectivity index (χ4v) is 4.74. The number of thiazole rings is 1. The molecular formula is C21H23N3O3S. The van der Waals surface area contributed by atoms with E-state index in [1.807, 2.05) is 18.2 Å². The van der Waals surface area contributed by atoms with Gasteiger partial charge in [-0.05, 0) is 37.8 Å². The molecule has 28 heavy (non-hydrogen) atoms. The van der Waals surface area contributed by atoms with Crippen LogP contribution in [0.1, 0.15) is 52.7 Å². The zero-order valence-electron chi connectivity index (χ0n) is 15.6. The number of anilines is 1. The number of nitrogens with one attached hydrogen (secondary N) is 1. The highest BCUT2D eigenvalue weighted by Crippen LogP contribution is 2.37. The van der Waals surface area contributed by atoms with Crippen molar-refractivity contribution in [3.8, 4) is 0 Å². The van der Waals surface area contributed by atoms with Crippen LogP contribution in [0.3, 0.4) is 0 Å². The van der Waals surface area contributed by atoms with Crippen molar-refractivity contribution in [2.75, 3.05) is 18.5 Å². The minimum absolute atomic E-state index is 0.0145. The molecule has 2 aromatic rings. The lowest BCUT2D eigenvalue weighted by molar-refractivity contribution is -0.115. The predicted octanol–water partition coefficient (Wildman–Crippen LogP) is 3.76. The molecule has 0 radical (unpaired) electrons. The Morgan fingerprint density at radius 2 is 1.96 bits per heavy atom. The number of hydrogen-bond donors (Lipinski definition) is 1. The van der Waals surface area contributed by atoms with Gasteiger partial charge >= 0.3 is 0 Å². The van der Waals surface area contributed by atoms with Gasteiger partial charge in [0, 0.05) is 36.9 Å². The Labute approximate surface area is 168 Å². The molecule has 1 fully saturated rings. The third-order valence-corrected chi connectivity index (χ3v) is 6.18. The van der Waals surface area contributed by atoms with Gasteiger partial charge in [0.1, 0.15) is 0 Å². The number of carbonyl (C=O) groups is 2. The fraction of sp³-hybridized carbons (Fsp3) is 0.429. The van der Waals surface area contributed by atoms with E-state index in [2.05, 4.69) is 27.4 Å². The topological polar surface area (TPSA) is 81.2 Å². The molecular weight excluding hydrogens is 374 g/mol. The van der Waals surface area contributed by atoms with E-state index in [4.69, 9.17) is 4.74 Å². The van der Waals surface area contributed by atoms with Gasteiger partial charge in [-0.1, -0.05) is 29.6 Å². The smallest absolute Gasteiger partial charge is 0.232 e. The number of pyridine rings is 1. The summed E-state index contributed by atoms with van der Waals surface area (Å²) < 4.78 is 5.39. The van der Waals surface area contributed by atoms with Crippen LogP contribution in [0.15, 0.2) is 36.5 Å². The van der Waals surface area contributed by atoms with E-state index in [-0.39, 0.29) is 29.9 Å². The summed E-state index contributed by atoms with van der Waals surface area (Å²) in [6.07, 6.45) is 9.39. The number of aromatic nitrogens is 2. The SMILES string of the molecule is O=C(Cc1ccccn1)Nc1nc(C2CC=CC2)c(C(=O)C2CCOCC2)s1. The molecule has 1 aliphatic carbocycles. The van der Waals surface area contributed by atoms with Gasteiger partial charge in [0.15, 0.2) is 10.9 Å². The van der Waals surface area contributed by atoms with Gasteiger partial charge in [-0.25, -0.2) is 4.98 Å². The molecule has 3 heterocycles. The predicted molar refractivity (Wildman–Crippen MR) is 108 cm³/mol. The van der Waals surface area contributed by atoms with Gasteiger partial charge in [-0.15, -0.1) is 0 Å². The highest BCUT2D eigenvalue weighted by molar-refractivity contribution is 7.17. The number of nitrogens with zero attached hydrogens (tertiary/aromatic N) is 2. The Morgan fingerprint density at radius 3 is 2.68 bits per heavy atom. The molecule has 1 aliphatic heterocycles. The van der Waals surface area contributed by atoms with E-state index in [1.54, 1.807) is 6.20 Å². The minimum atomic E-state index is -0.173. The second-order valence-electron chi connectivity index (χ2n) is 7.17. The van der Waals surface area contributed by atoms with Crippen molar-refractivity contribution in [3.63, 3.8) is 0 Å². The van der Waals surface area contributed by atoms with Crippen LogP contribution in [0.2, 0.25) is 0 Å². The first kappa shape index (κ1) is 19.0. The van der Waals surface area contributed by atoms with E-state index < -0.39 is 0 Å². The first-order valence-corrected chi connectivity index (χ1v) is 10.5. The van der Waals surface area contributed by atoms with E-state index in [1.165, 1.54) is 11.3 Å². The highest BCUT2D eigenvalue weighted by atomic mass is 32.1. The number of hydrogen-bond acceptors (Lipinski definition) is 6. The van der Waals surface area contributed by atoms with Gasteiger partial charge in [0.2, 0.25) is 5.91 Å². The maximum absolute atomic E-state index is 13.1. The summed E-state index contributed by atoms with van der Waals surface area (Å²) in [6.45, 7) is 1.26. The van der Waals surface area contributed by atoms with Crippen LogP contribution in [0.25, 0.3) is 0 Å². The van der Waals surface area contributed by atoms with Crippen LogP contribution in [-0.4, -0.2) is 34.9 Å². The van der Waals surface area contributed by atoms with Crippen LogP contribution in [0.4, 0.5) is 5.13 Å². The molecule has 0 aromatic carbocycles. The van der Waals surface area contributed by atoms with E-state index in [0.717, 1.165) is 31.4 Å². The number of ketones is 1. The summed E-state index contributed by atoms with van der Waals surface area (Å²) >= 11 is 1.31. The van der Waals surface area contributed by atoms with Gasteiger partial charge in [-0.2, -0.15) is 0 Å². The largest absolute Gasteiger partial charge is 0.381 e. The maximum Gasteiger partial charge on any atom is 0.232 e. The van der Waals surface area contributed by atoms with Crippen LogP contribution in [0.5, 0.6) is 0 Å². The molecule has 6 nitrogen and oxygen atoms in total. The zero-order chi connectivity index (χ0) is 19.3. The van der Waals surface area contributed by atoms with Crippen molar-refractivity contribution >= 4 is 28.2 Å². The summed E-state index contributed by atoms with van der Waals surface area (Å²) in [4.78, 5) is 35.1. The number of allylic oxidation sites excluding steroid dienone is 2. The molecule has 0 spiro atoms. The molecule has 0 saturated carbocycles. The Kier molecular flexibility index (Phi) is 5.92. The first-order valence-electron chi connectivity index (χ1n) is 9.68. The molecule has 146 valence electrons. The average Bonchev–Trinajstić information content (AvgIpc) is 3.38. The van der Waals surface area contributed by atoms with Crippen molar-refractivity contribution in [2.45, 2.75) is 38.0 Å². The Bertz CT molecular complexity index is 864. The molecule has 1 amide bonds. The number of rotatable bonds is 6. The normalized spacial score (nSPS) is 17.7. The van der Waals surface area contributed by atoms with Gasteiger partial charge in [0.25, 0.3) is 0 Å². The molecule has 1 saturated heterocycles. The van der Waals surface area contributed by atoms with Crippen molar-refractivity contribution in [3.05, 3.63) is 52.8 Å². The van der Waals surface area contributed by atoms with Crippen molar-refractivity contribution in [1.29, 1.82) is 0 Å². The molecule has 4 rings (SSSR count). The standard InChI is InChI=1S/C21H23N3O3S/c25-17(13-16-7-3-4-10-22-16)23-21-24-18(14-5-1-2-6-14)20(28-21)19(26)15-8-11-27-12-9-15/h1-4,7,10,14-15H,5-6,8-9,11-13H2,(H,23,24,25). The Morgan fingerprint density at radius 1 is 1.18 bits per heavy atom. The third-order valence-electron chi connectivity index (χ3n) is 5.18. The minimum Gasteiger partial charge on any atom is -0.381 e. The lowest BCUT2D eigenvalue weighted by Gasteiger charge is -2.21. The third kappa shape index (κ3) is 4.36. The summed E-state index contributed by atoms with van der Waals surface area (Å²) in [5, 5.41) is 3.36. The van der Waals surface area contributed by atoms with Crippen LogP contribution >= 0.6 is 11.3 Å². The average molecular weight is 398 g/mol. The van der Waals surface area contributed by atoms with Gasteiger partial charge in [0.05, 0.1) is 17.0 Å². The van der Waals surface area contributed by atoms with Crippen LogP contribution in [0, 0.1) is 5.92 Å². The summed E-state index contributed by atoms with van der Waals surface area (Å²) in [5.74, 6) is 0.178. The Balaban J connectivity index is 1.52. The second-order valence-corrected chi connectivity index (χ2v) is 8.17. The zero-order valence-corrected chi connectivity index (χ0v) is 16.4. The quantitative estimate of drug-likeness (QED) is 0.593. The van der Waals surface area contributed by atoms with Gasteiger partial charge in [-0.3, -0.25) is 14.6 Å². The first-order chi connectivity index (χ1) is 13.7. The molecule has 2 aliphatic rings. The molecule has 0 bridgehead atoms. The van der Waals surface area contributed by atoms with E-state index in [0.29, 0.717) is 28.9 Å². The second kappa shape index (κ2) is 8.75. The number of ether oxygens (including phenoxy) is 1. The summed E-state index contributed by atoms with van der Waals surface area (Å²) in [6, 6.07) is 5.49. The molecule has 0 unspecified atom stereocenters. The maximum atomic E-state index is 13.1. The number of Topliss-reactive ketones (excluding diaryl/α,β-unsaturated/α-hetero) is 1. The van der Waals surface area contributed by atoms with Crippen LogP contribution in [-0.2, 0) is 16.0 Å². The number of carbonyl (C=O) groups excluding carboxylic acids is 2. The molecule has 2 aromatic heterocycles. The lowest BCUT2D eigenvalue weighted by atomic mass is 9.91.